The smallest absolute Gasteiger partial charge is 0.371 e. The second-order valence-electron chi connectivity index (χ2n) is 6.68. The van der Waals surface area contributed by atoms with Gasteiger partial charge in [0.05, 0.1) is 34.8 Å². The molecule has 0 atom stereocenters. The van der Waals surface area contributed by atoms with Gasteiger partial charge in [0.15, 0.2) is 0 Å². The normalized spacial score (nSPS) is 15.3. The summed E-state index contributed by atoms with van der Waals surface area (Å²) in [5.41, 5.74) is 0.0159. The van der Waals surface area contributed by atoms with Gasteiger partial charge in [0, 0.05) is 31.7 Å². The molecule has 1 aliphatic rings. The molecular weight excluding hydrogens is 371 g/mol. The van der Waals surface area contributed by atoms with Crippen LogP contribution in [-0.2, 0) is 17.5 Å². The maximum atomic E-state index is 13.3. The third-order valence-corrected chi connectivity index (χ3v) is 4.86. The number of carbonyl (C=O) groups is 1. The van der Waals surface area contributed by atoms with Crippen molar-refractivity contribution in [3.05, 3.63) is 41.7 Å². The highest BCUT2D eigenvalue weighted by Crippen LogP contribution is 2.38. The van der Waals surface area contributed by atoms with Crippen molar-refractivity contribution >= 4 is 17.3 Å². The Balaban J connectivity index is 1.68. The molecule has 1 aliphatic heterocycles. The lowest BCUT2D eigenvalue weighted by atomic mass is 9.94. The molecule has 0 saturated carbocycles. The van der Waals surface area contributed by atoms with E-state index in [9.17, 15) is 18.0 Å². The molecule has 1 aromatic carbocycles. The van der Waals surface area contributed by atoms with E-state index < -0.39 is 11.7 Å². The number of rotatable bonds is 4. The van der Waals surface area contributed by atoms with Gasteiger partial charge in [0.1, 0.15) is 0 Å². The first-order chi connectivity index (χ1) is 13.3. The quantitative estimate of drug-likeness (QED) is 0.864. The highest BCUT2D eigenvalue weighted by molar-refractivity contribution is 5.92. The van der Waals surface area contributed by atoms with Crippen molar-refractivity contribution in [2.24, 2.45) is 5.92 Å². The highest BCUT2D eigenvalue weighted by atomic mass is 19.4. The summed E-state index contributed by atoms with van der Waals surface area (Å²) >= 11 is 0. The number of benzene rings is 1. The first-order valence-electron chi connectivity index (χ1n) is 9.01. The van der Waals surface area contributed by atoms with Crippen LogP contribution in [0.2, 0.25) is 0 Å². The topological polar surface area (TPSA) is 74.0 Å². The Morgan fingerprint density at radius 1 is 1.36 bits per heavy atom. The van der Waals surface area contributed by atoms with E-state index in [1.54, 1.807) is 22.0 Å². The van der Waals surface area contributed by atoms with Gasteiger partial charge in [0.2, 0.25) is 5.91 Å². The number of halogens is 3. The Bertz CT molecular complexity index is 892. The maximum Gasteiger partial charge on any atom is 0.418 e. The summed E-state index contributed by atoms with van der Waals surface area (Å²) in [6.07, 6.45) is -0.337. The van der Waals surface area contributed by atoms with Crippen LogP contribution < -0.4 is 10.2 Å². The number of aromatic nitrogens is 2. The minimum Gasteiger partial charge on any atom is -0.371 e. The minimum atomic E-state index is -4.50. The number of anilines is 2. The largest absolute Gasteiger partial charge is 0.418 e. The molecule has 0 unspecified atom stereocenters. The summed E-state index contributed by atoms with van der Waals surface area (Å²) in [7, 11) is 0. The molecule has 28 heavy (non-hydrogen) atoms. The second-order valence-corrected chi connectivity index (χ2v) is 6.68. The molecule has 1 N–H and O–H groups in total. The van der Waals surface area contributed by atoms with Gasteiger partial charge in [-0.1, -0.05) is 0 Å². The lowest BCUT2D eigenvalue weighted by Gasteiger charge is -2.34. The number of nitriles is 1. The molecule has 0 aliphatic carbocycles. The average Bonchev–Trinajstić information content (AvgIpc) is 3.14. The fraction of sp³-hybridized carbons (Fsp3) is 0.421. The number of piperidine rings is 1. The number of hydrogen-bond acceptors (Lipinski definition) is 4. The van der Waals surface area contributed by atoms with E-state index >= 15 is 0 Å². The lowest BCUT2D eigenvalue weighted by Crippen LogP contribution is -2.39. The Morgan fingerprint density at radius 3 is 2.64 bits per heavy atom. The molecule has 3 rings (SSSR count). The van der Waals surface area contributed by atoms with E-state index in [4.69, 9.17) is 5.26 Å². The maximum absolute atomic E-state index is 13.3. The SMILES string of the molecule is CCn1cc(NC(=O)C2CCN(c3cc(C#N)ccc3C(F)(F)F)CC2)cn1. The van der Waals surface area contributed by atoms with Crippen LogP contribution in [0.15, 0.2) is 30.6 Å². The highest BCUT2D eigenvalue weighted by Gasteiger charge is 2.36. The number of alkyl halides is 3. The van der Waals surface area contributed by atoms with Crippen molar-refractivity contribution in [1.82, 2.24) is 9.78 Å². The molecular formula is C19H20F3N5O. The molecule has 1 saturated heterocycles. The molecule has 2 aromatic rings. The summed E-state index contributed by atoms with van der Waals surface area (Å²) in [5.74, 6) is -0.438. The van der Waals surface area contributed by atoms with Crippen LogP contribution in [0, 0.1) is 17.2 Å². The van der Waals surface area contributed by atoms with Gasteiger partial charge >= 0.3 is 6.18 Å². The van der Waals surface area contributed by atoms with Crippen molar-refractivity contribution in [3.63, 3.8) is 0 Å². The van der Waals surface area contributed by atoms with Crippen LogP contribution >= 0.6 is 0 Å². The van der Waals surface area contributed by atoms with E-state index in [1.807, 2.05) is 13.0 Å². The molecule has 2 heterocycles. The molecule has 9 heteroatoms. The van der Waals surface area contributed by atoms with E-state index in [1.165, 1.54) is 12.1 Å². The van der Waals surface area contributed by atoms with Gasteiger partial charge in [-0.05, 0) is 38.0 Å². The van der Waals surface area contributed by atoms with E-state index in [-0.39, 0.29) is 23.1 Å². The number of nitrogens with one attached hydrogen (secondary N) is 1. The van der Waals surface area contributed by atoms with Crippen molar-refractivity contribution < 1.29 is 18.0 Å². The molecule has 1 amide bonds. The zero-order valence-electron chi connectivity index (χ0n) is 15.3. The van der Waals surface area contributed by atoms with Crippen LogP contribution in [0.1, 0.15) is 30.9 Å². The lowest BCUT2D eigenvalue weighted by molar-refractivity contribution is -0.137. The van der Waals surface area contributed by atoms with Crippen molar-refractivity contribution in [1.29, 1.82) is 5.26 Å². The van der Waals surface area contributed by atoms with Gasteiger partial charge in [-0.15, -0.1) is 0 Å². The number of aryl methyl sites for hydroxylation is 1. The van der Waals surface area contributed by atoms with Crippen LogP contribution in [0.4, 0.5) is 24.5 Å². The number of hydrogen-bond donors (Lipinski definition) is 1. The Morgan fingerprint density at radius 2 is 2.07 bits per heavy atom. The number of nitrogens with zero attached hydrogens (tertiary/aromatic N) is 4. The molecule has 0 spiro atoms. The van der Waals surface area contributed by atoms with Crippen molar-refractivity contribution in [2.45, 2.75) is 32.5 Å². The van der Waals surface area contributed by atoms with Gasteiger partial charge in [-0.25, -0.2) is 0 Å². The summed E-state index contributed by atoms with van der Waals surface area (Å²) in [6, 6.07) is 5.26. The predicted octanol–water partition coefficient (Wildman–Crippen LogP) is 3.65. The average molecular weight is 391 g/mol. The van der Waals surface area contributed by atoms with E-state index in [0.717, 1.165) is 6.07 Å². The predicted molar refractivity (Wildman–Crippen MR) is 97.6 cm³/mol. The van der Waals surface area contributed by atoms with Gasteiger partial charge < -0.3 is 10.2 Å². The summed E-state index contributed by atoms with van der Waals surface area (Å²) in [4.78, 5) is 14.0. The first-order valence-corrected chi connectivity index (χ1v) is 9.01. The second kappa shape index (κ2) is 7.92. The van der Waals surface area contributed by atoms with Crippen LogP contribution in [-0.4, -0.2) is 28.8 Å². The van der Waals surface area contributed by atoms with E-state index in [2.05, 4.69) is 10.4 Å². The van der Waals surface area contributed by atoms with Crippen LogP contribution in [0.25, 0.3) is 0 Å². The zero-order chi connectivity index (χ0) is 20.3. The number of carbonyl (C=O) groups excluding carboxylic acids is 1. The Hall–Kier alpha value is -3.02. The van der Waals surface area contributed by atoms with Crippen molar-refractivity contribution in [2.75, 3.05) is 23.3 Å². The van der Waals surface area contributed by atoms with Crippen LogP contribution in [0.3, 0.4) is 0 Å². The summed E-state index contributed by atoms with van der Waals surface area (Å²) < 4.78 is 41.7. The first kappa shape index (κ1) is 19.7. The third-order valence-electron chi connectivity index (χ3n) is 4.86. The van der Waals surface area contributed by atoms with Crippen LogP contribution in [0.5, 0.6) is 0 Å². The minimum absolute atomic E-state index is 0.00497. The van der Waals surface area contributed by atoms with E-state index in [0.29, 0.717) is 38.2 Å². The van der Waals surface area contributed by atoms with Crippen molar-refractivity contribution in [3.8, 4) is 6.07 Å². The van der Waals surface area contributed by atoms with Gasteiger partial charge in [-0.2, -0.15) is 23.5 Å². The standard InChI is InChI=1S/C19H20F3N5O/c1-2-27-12-15(11-24-27)25-18(28)14-5-7-26(8-6-14)17-9-13(10-23)3-4-16(17)19(20,21)22/h3-4,9,11-12,14H,2,5-8H2,1H3,(H,25,28). The molecule has 0 radical (unpaired) electrons. The fourth-order valence-electron chi connectivity index (χ4n) is 3.33. The Kier molecular flexibility index (Phi) is 5.58. The van der Waals surface area contributed by atoms with Gasteiger partial charge in [-0.3, -0.25) is 9.48 Å². The zero-order valence-corrected chi connectivity index (χ0v) is 15.3. The Labute approximate surface area is 160 Å². The molecule has 6 nitrogen and oxygen atoms in total. The summed E-state index contributed by atoms with van der Waals surface area (Å²) in [6.45, 7) is 3.25. The fourth-order valence-corrected chi connectivity index (χ4v) is 3.33. The summed E-state index contributed by atoms with van der Waals surface area (Å²) in [5, 5.41) is 15.9. The monoisotopic (exact) mass is 391 g/mol. The molecule has 1 fully saturated rings. The third kappa shape index (κ3) is 4.27. The molecule has 148 valence electrons. The number of amides is 1. The molecule has 0 bridgehead atoms. The molecule has 1 aromatic heterocycles. The van der Waals surface area contributed by atoms with Gasteiger partial charge in [0.25, 0.3) is 0 Å².